The van der Waals surface area contributed by atoms with Crippen LogP contribution in [-0.4, -0.2) is 11.1 Å². The van der Waals surface area contributed by atoms with Crippen LogP contribution < -0.4 is 10.5 Å². The summed E-state index contributed by atoms with van der Waals surface area (Å²) in [5, 5.41) is 0. The van der Waals surface area contributed by atoms with Gasteiger partial charge in [-0.2, -0.15) is 0 Å². The second kappa shape index (κ2) is 5.71. The maximum absolute atomic E-state index is 5.70. The van der Waals surface area contributed by atoms with E-state index in [-0.39, 0.29) is 6.10 Å². The van der Waals surface area contributed by atoms with Crippen molar-refractivity contribution in [2.75, 3.05) is 0 Å². The van der Waals surface area contributed by atoms with Gasteiger partial charge in [0.05, 0.1) is 11.8 Å². The zero-order valence-corrected chi connectivity index (χ0v) is 9.73. The first-order chi connectivity index (χ1) is 7.11. The molecule has 84 valence electrons. The van der Waals surface area contributed by atoms with Crippen molar-refractivity contribution in [2.24, 2.45) is 11.7 Å². The van der Waals surface area contributed by atoms with E-state index in [9.17, 15) is 0 Å². The Hall–Kier alpha value is -1.09. The molecule has 0 aliphatic rings. The molecule has 3 heteroatoms. The van der Waals surface area contributed by atoms with Crippen molar-refractivity contribution in [3.05, 3.63) is 23.9 Å². The smallest absolute Gasteiger partial charge is 0.213 e. The molecule has 1 heterocycles. The van der Waals surface area contributed by atoms with Gasteiger partial charge in [0.2, 0.25) is 5.88 Å². The molecular formula is C12H20N2O. The molecule has 0 amide bonds. The summed E-state index contributed by atoms with van der Waals surface area (Å²) in [4.78, 5) is 4.29. The molecule has 2 N–H and O–H groups in total. The summed E-state index contributed by atoms with van der Waals surface area (Å²) >= 11 is 0. The maximum Gasteiger partial charge on any atom is 0.213 e. The number of ether oxygens (including phenoxy) is 1. The minimum absolute atomic E-state index is 0.200. The minimum atomic E-state index is 0.200. The summed E-state index contributed by atoms with van der Waals surface area (Å²) in [6.07, 6.45) is 1.24. The zero-order valence-electron chi connectivity index (χ0n) is 9.73. The molecule has 0 fully saturated rings. The predicted octanol–water partition coefficient (Wildman–Crippen LogP) is 2.35. The maximum atomic E-state index is 5.70. The van der Waals surface area contributed by atoms with Crippen LogP contribution >= 0.6 is 0 Å². The fourth-order valence-corrected chi connectivity index (χ4v) is 1.55. The average molecular weight is 208 g/mol. The highest BCUT2D eigenvalue weighted by Crippen LogP contribution is 2.13. The highest BCUT2D eigenvalue weighted by atomic mass is 16.5. The van der Waals surface area contributed by atoms with Gasteiger partial charge in [-0.05, 0) is 25.3 Å². The summed E-state index contributed by atoms with van der Waals surface area (Å²) in [5.74, 6) is 1.31. The Morgan fingerprint density at radius 1 is 1.33 bits per heavy atom. The van der Waals surface area contributed by atoms with Crippen LogP contribution in [0.3, 0.4) is 0 Å². The third-order valence-electron chi connectivity index (χ3n) is 2.12. The van der Waals surface area contributed by atoms with Gasteiger partial charge in [0.25, 0.3) is 0 Å². The van der Waals surface area contributed by atoms with Crippen LogP contribution in [0.1, 0.15) is 32.9 Å². The largest absolute Gasteiger partial charge is 0.475 e. The Morgan fingerprint density at radius 3 is 2.67 bits per heavy atom. The van der Waals surface area contributed by atoms with Crippen LogP contribution in [0.25, 0.3) is 0 Å². The van der Waals surface area contributed by atoms with Crippen molar-refractivity contribution in [1.82, 2.24) is 4.98 Å². The monoisotopic (exact) mass is 208 g/mol. The first-order valence-corrected chi connectivity index (χ1v) is 5.44. The first kappa shape index (κ1) is 12.0. The van der Waals surface area contributed by atoms with E-state index in [4.69, 9.17) is 10.5 Å². The third kappa shape index (κ3) is 4.30. The predicted molar refractivity (Wildman–Crippen MR) is 61.7 cm³/mol. The van der Waals surface area contributed by atoms with Crippen LogP contribution in [0.2, 0.25) is 0 Å². The van der Waals surface area contributed by atoms with Crippen molar-refractivity contribution in [1.29, 1.82) is 0 Å². The molecule has 0 saturated heterocycles. The van der Waals surface area contributed by atoms with Crippen LogP contribution in [0, 0.1) is 5.92 Å². The highest BCUT2D eigenvalue weighted by molar-refractivity contribution is 5.15. The van der Waals surface area contributed by atoms with Crippen LogP contribution in [0.4, 0.5) is 0 Å². The Kier molecular flexibility index (Phi) is 4.56. The highest BCUT2D eigenvalue weighted by Gasteiger charge is 2.07. The molecule has 0 saturated carbocycles. The summed E-state index contributed by atoms with van der Waals surface area (Å²) in [5.41, 5.74) is 6.38. The van der Waals surface area contributed by atoms with Crippen molar-refractivity contribution in [3.63, 3.8) is 0 Å². The molecule has 0 aromatic carbocycles. The lowest BCUT2D eigenvalue weighted by Gasteiger charge is -2.15. The summed E-state index contributed by atoms with van der Waals surface area (Å²) < 4.78 is 5.70. The average Bonchev–Trinajstić information content (AvgIpc) is 2.16. The van der Waals surface area contributed by atoms with Gasteiger partial charge in [0, 0.05) is 12.6 Å². The normalized spacial score (nSPS) is 12.9. The second-order valence-electron chi connectivity index (χ2n) is 4.23. The van der Waals surface area contributed by atoms with Crippen LogP contribution in [0.15, 0.2) is 18.2 Å². The molecule has 1 rings (SSSR count). The number of rotatable bonds is 5. The van der Waals surface area contributed by atoms with Gasteiger partial charge in [-0.1, -0.05) is 19.9 Å². The molecule has 0 spiro atoms. The van der Waals surface area contributed by atoms with Crippen molar-refractivity contribution >= 4 is 0 Å². The summed E-state index contributed by atoms with van der Waals surface area (Å²) in [7, 11) is 0. The van der Waals surface area contributed by atoms with E-state index in [0.29, 0.717) is 18.3 Å². The fraction of sp³-hybridized carbons (Fsp3) is 0.583. The van der Waals surface area contributed by atoms with Crippen LogP contribution in [0.5, 0.6) is 5.88 Å². The minimum Gasteiger partial charge on any atom is -0.475 e. The fourth-order valence-electron chi connectivity index (χ4n) is 1.55. The molecule has 1 aromatic heterocycles. The molecule has 0 aliphatic carbocycles. The van der Waals surface area contributed by atoms with E-state index < -0.39 is 0 Å². The van der Waals surface area contributed by atoms with Gasteiger partial charge in [0.15, 0.2) is 0 Å². The molecule has 1 unspecified atom stereocenters. The number of nitrogens with zero attached hydrogens (tertiary/aromatic N) is 1. The molecular weight excluding hydrogens is 188 g/mol. The third-order valence-corrected chi connectivity index (χ3v) is 2.12. The van der Waals surface area contributed by atoms with Crippen molar-refractivity contribution < 1.29 is 4.74 Å². The quantitative estimate of drug-likeness (QED) is 0.808. The Morgan fingerprint density at radius 2 is 2.07 bits per heavy atom. The van der Waals surface area contributed by atoms with Gasteiger partial charge in [-0.25, -0.2) is 4.98 Å². The standard InChI is InChI=1S/C12H20N2O/c1-9(2)7-10(3)15-12-6-4-5-11(8-13)14-12/h4-6,9-10H,7-8,13H2,1-3H3. The summed E-state index contributed by atoms with van der Waals surface area (Å²) in [6, 6.07) is 5.70. The topological polar surface area (TPSA) is 48.1 Å². The first-order valence-electron chi connectivity index (χ1n) is 5.44. The molecule has 3 nitrogen and oxygen atoms in total. The second-order valence-corrected chi connectivity index (χ2v) is 4.23. The Bertz CT molecular complexity index is 299. The number of hydrogen-bond acceptors (Lipinski definition) is 3. The Balaban J connectivity index is 2.55. The van der Waals surface area contributed by atoms with E-state index in [0.717, 1.165) is 12.1 Å². The van der Waals surface area contributed by atoms with Crippen molar-refractivity contribution in [3.8, 4) is 5.88 Å². The van der Waals surface area contributed by atoms with Crippen LogP contribution in [-0.2, 0) is 6.54 Å². The molecule has 0 radical (unpaired) electrons. The lowest BCUT2D eigenvalue weighted by Crippen LogP contribution is -2.15. The number of nitrogens with two attached hydrogens (primary N) is 1. The van der Waals surface area contributed by atoms with E-state index in [2.05, 4.69) is 25.8 Å². The number of pyridine rings is 1. The van der Waals surface area contributed by atoms with E-state index in [1.54, 1.807) is 0 Å². The van der Waals surface area contributed by atoms with Gasteiger partial charge < -0.3 is 10.5 Å². The van der Waals surface area contributed by atoms with Crippen molar-refractivity contribution in [2.45, 2.75) is 39.8 Å². The molecule has 15 heavy (non-hydrogen) atoms. The van der Waals surface area contributed by atoms with Gasteiger partial charge in [-0.3, -0.25) is 0 Å². The number of aromatic nitrogens is 1. The van der Waals surface area contributed by atoms with E-state index in [1.165, 1.54) is 0 Å². The van der Waals surface area contributed by atoms with Gasteiger partial charge in [-0.15, -0.1) is 0 Å². The molecule has 0 bridgehead atoms. The van der Waals surface area contributed by atoms with E-state index in [1.807, 2.05) is 18.2 Å². The van der Waals surface area contributed by atoms with Gasteiger partial charge in [0.1, 0.15) is 0 Å². The zero-order chi connectivity index (χ0) is 11.3. The summed E-state index contributed by atoms with van der Waals surface area (Å²) in [6.45, 7) is 6.89. The molecule has 0 aliphatic heterocycles. The van der Waals surface area contributed by atoms with Gasteiger partial charge >= 0.3 is 0 Å². The SMILES string of the molecule is CC(C)CC(C)Oc1cccc(CN)n1. The molecule has 1 atom stereocenters. The molecule has 1 aromatic rings. The Labute approximate surface area is 91.7 Å². The number of hydrogen-bond donors (Lipinski definition) is 1. The van der Waals surface area contributed by atoms with E-state index >= 15 is 0 Å². The lowest BCUT2D eigenvalue weighted by atomic mass is 10.1. The lowest BCUT2D eigenvalue weighted by molar-refractivity contribution is 0.185.